The van der Waals surface area contributed by atoms with Gasteiger partial charge in [-0.3, -0.25) is 19.1 Å². The number of benzene rings is 3. The zero-order chi connectivity index (χ0) is 26.9. The number of ether oxygens (including phenoxy) is 3. The molecule has 0 bridgehead atoms. The van der Waals surface area contributed by atoms with Crippen LogP contribution >= 0.6 is 0 Å². The van der Waals surface area contributed by atoms with Crippen LogP contribution in [0.15, 0.2) is 71.5 Å². The third-order valence-electron chi connectivity index (χ3n) is 7.35. The van der Waals surface area contributed by atoms with Crippen molar-refractivity contribution in [3.63, 3.8) is 0 Å². The molecule has 2 aliphatic heterocycles. The molecule has 3 heterocycles. The van der Waals surface area contributed by atoms with E-state index in [1.54, 1.807) is 28.8 Å². The molecule has 0 aliphatic carbocycles. The van der Waals surface area contributed by atoms with Gasteiger partial charge in [0.05, 0.1) is 29.2 Å². The van der Waals surface area contributed by atoms with E-state index < -0.39 is 0 Å². The van der Waals surface area contributed by atoms with Gasteiger partial charge in [0, 0.05) is 31.7 Å². The number of nitrogens with zero attached hydrogens (tertiary/aromatic N) is 4. The Kier molecular flexibility index (Phi) is 6.66. The van der Waals surface area contributed by atoms with E-state index in [-0.39, 0.29) is 24.3 Å². The number of piperazine rings is 1. The summed E-state index contributed by atoms with van der Waals surface area (Å²) in [5.74, 6) is 2.49. The first kappa shape index (κ1) is 24.9. The number of fused-ring (bicyclic) bond motifs is 2. The predicted octanol–water partition coefficient (Wildman–Crippen LogP) is 4.03. The number of hydrogen-bond acceptors (Lipinski definition) is 7. The second-order valence-corrected chi connectivity index (χ2v) is 9.60. The molecule has 1 unspecified atom stereocenters. The monoisotopic (exact) mass is 526 g/mol. The Morgan fingerprint density at radius 2 is 1.72 bits per heavy atom. The first-order valence-electron chi connectivity index (χ1n) is 13.2. The minimum absolute atomic E-state index is 0.0352. The second-order valence-electron chi connectivity index (χ2n) is 9.60. The van der Waals surface area contributed by atoms with Crippen LogP contribution in [-0.4, -0.2) is 64.8 Å². The molecule has 0 radical (unpaired) electrons. The van der Waals surface area contributed by atoms with E-state index in [9.17, 15) is 9.59 Å². The van der Waals surface area contributed by atoms with E-state index in [2.05, 4.69) is 11.8 Å². The maximum Gasteiger partial charge on any atom is 0.266 e. The lowest BCUT2D eigenvalue weighted by atomic mass is 10.1. The Morgan fingerprint density at radius 1 is 0.974 bits per heavy atom. The third-order valence-corrected chi connectivity index (χ3v) is 7.35. The molecule has 0 saturated carbocycles. The highest BCUT2D eigenvalue weighted by Crippen LogP contribution is 2.33. The van der Waals surface area contributed by atoms with Crippen molar-refractivity contribution < 1.29 is 19.0 Å². The summed E-state index contributed by atoms with van der Waals surface area (Å²) in [6.45, 7) is 7.05. The first-order valence-corrected chi connectivity index (χ1v) is 13.2. The van der Waals surface area contributed by atoms with Gasteiger partial charge in [-0.2, -0.15) is 0 Å². The molecular weight excluding hydrogens is 496 g/mol. The molecule has 6 rings (SSSR count). The molecule has 4 aromatic rings. The number of rotatable bonds is 6. The molecule has 9 nitrogen and oxygen atoms in total. The molecule has 200 valence electrons. The van der Waals surface area contributed by atoms with Crippen LogP contribution in [0.4, 0.5) is 0 Å². The summed E-state index contributed by atoms with van der Waals surface area (Å²) < 4.78 is 18.4. The Hall–Kier alpha value is -4.37. The van der Waals surface area contributed by atoms with Crippen LogP contribution in [0.2, 0.25) is 0 Å². The average molecular weight is 527 g/mol. The van der Waals surface area contributed by atoms with Crippen LogP contribution in [-0.2, 0) is 0 Å². The molecule has 0 spiro atoms. The summed E-state index contributed by atoms with van der Waals surface area (Å²) in [4.78, 5) is 36.2. The van der Waals surface area contributed by atoms with E-state index in [4.69, 9.17) is 19.2 Å². The molecule has 9 heteroatoms. The minimum atomic E-state index is -0.181. The highest BCUT2D eigenvalue weighted by molar-refractivity contribution is 5.95. The summed E-state index contributed by atoms with van der Waals surface area (Å²) in [5.41, 5.74) is 1.77. The molecular formula is C30H30N4O5. The van der Waals surface area contributed by atoms with Gasteiger partial charge in [-0.15, -0.1) is 0 Å². The van der Waals surface area contributed by atoms with Crippen molar-refractivity contribution >= 4 is 16.8 Å². The molecule has 1 saturated heterocycles. The number of hydrogen-bond donors (Lipinski definition) is 0. The Bertz CT molecular complexity index is 1590. The summed E-state index contributed by atoms with van der Waals surface area (Å²) in [6.07, 6.45) is 0. The molecule has 1 fully saturated rings. The molecule has 39 heavy (non-hydrogen) atoms. The van der Waals surface area contributed by atoms with E-state index in [1.165, 1.54) is 0 Å². The van der Waals surface area contributed by atoms with Gasteiger partial charge in [0.25, 0.3) is 11.5 Å². The van der Waals surface area contributed by atoms with Crippen molar-refractivity contribution in [1.82, 2.24) is 19.4 Å². The Labute approximate surface area is 226 Å². The van der Waals surface area contributed by atoms with Gasteiger partial charge in [-0.1, -0.05) is 24.3 Å². The van der Waals surface area contributed by atoms with Crippen molar-refractivity contribution in [3.05, 3.63) is 88.5 Å². The molecule has 3 aromatic carbocycles. The van der Waals surface area contributed by atoms with Crippen LogP contribution in [0.5, 0.6) is 17.2 Å². The van der Waals surface area contributed by atoms with Crippen LogP contribution in [0.25, 0.3) is 16.6 Å². The smallest absolute Gasteiger partial charge is 0.266 e. The standard InChI is InChI=1S/C30H30N4O5/c1-3-37-25-11-7-6-10-24(25)34-28(31-23-9-5-4-8-22(23)30(34)36)20(2)32-14-16-33(17-15-32)29(35)21-12-13-26-27(18-21)39-19-38-26/h4-13,18,20H,3,14-17,19H2,1-2H3. The van der Waals surface area contributed by atoms with Gasteiger partial charge in [0.15, 0.2) is 11.5 Å². The Balaban J connectivity index is 1.29. The molecule has 2 aliphatic rings. The van der Waals surface area contributed by atoms with Crippen molar-refractivity contribution in [2.24, 2.45) is 0 Å². The maximum atomic E-state index is 13.8. The second kappa shape index (κ2) is 10.4. The van der Waals surface area contributed by atoms with E-state index in [1.807, 2.05) is 54.3 Å². The predicted molar refractivity (Wildman–Crippen MR) is 147 cm³/mol. The van der Waals surface area contributed by atoms with E-state index in [0.717, 1.165) is 0 Å². The highest BCUT2D eigenvalue weighted by atomic mass is 16.7. The molecule has 0 N–H and O–H groups in total. The number of para-hydroxylation sites is 3. The van der Waals surface area contributed by atoms with Gasteiger partial charge in [-0.05, 0) is 56.3 Å². The fourth-order valence-electron chi connectivity index (χ4n) is 5.27. The lowest BCUT2D eigenvalue weighted by molar-refractivity contribution is 0.0573. The van der Waals surface area contributed by atoms with Crippen LogP contribution in [0, 0.1) is 0 Å². The zero-order valence-electron chi connectivity index (χ0n) is 22.0. The number of aromatic nitrogens is 2. The highest BCUT2D eigenvalue weighted by Gasteiger charge is 2.29. The largest absolute Gasteiger partial charge is 0.492 e. The van der Waals surface area contributed by atoms with Crippen molar-refractivity contribution in [2.75, 3.05) is 39.6 Å². The minimum Gasteiger partial charge on any atom is -0.492 e. The van der Waals surface area contributed by atoms with Crippen molar-refractivity contribution in [3.8, 4) is 22.9 Å². The molecule has 1 aromatic heterocycles. The lowest BCUT2D eigenvalue weighted by Gasteiger charge is -2.38. The van der Waals surface area contributed by atoms with Crippen molar-refractivity contribution in [2.45, 2.75) is 19.9 Å². The summed E-state index contributed by atoms with van der Waals surface area (Å²) in [6, 6.07) is 20.1. The van der Waals surface area contributed by atoms with Crippen molar-refractivity contribution in [1.29, 1.82) is 0 Å². The number of carbonyl (C=O) groups excluding carboxylic acids is 1. The maximum absolute atomic E-state index is 13.8. The van der Waals surface area contributed by atoms with Gasteiger partial charge in [-0.25, -0.2) is 4.98 Å². The van der Waals surface area contributed by atoms with Gasteiger partial charge in [0.2, 0.25) is 6.79 Å². The lowest BCUT2D eigenvalue weighted by Crippen LogP contribution is -2.50. The fourth-order valence-corrected chi connectivity index (χ4v) is 5.27. The number of carbonyl (C=O) groups is 1. The SMILES string of the molecule is CCOc1ccccc1-n1c(C(C)N2CCN(C(=O)c3ccc4c(c3)OCO4)CC2)nc2ccccc2c1=O. The average Bonchev–Trinajstić information content (AvgIpc) is 3.45. The van der Waals surface area contributed by atoms with Gasteiger partial charge < -0.3 is 19.1 Å². The fraction of sp³-hybridized carbons (Fsp3) is 0.300. The molecule has 1 atom stereocenters. The summed E-state index contributed by atoms with van der Waals surface area (Å²) >= 11 is 0. The summed E-state index contributed by atoms with van der Waals surface area (Å²) in [5, 5.41) is 0.555. The van der Waals surface area contributed by atoms with Gasteiger partial charge >= 0.3 is 0 Å². The molecule has 1 amide bonds. The van der Waals surface area contributed by atoms with Crippen LogP contribution < -0.4 is 19.8 Å². The third kappa shape index (κ3) is 4.59. The van der Waals surface area contributed by atoms with Gasteiger partial charge in [0.1, 0.15) is 11.6 Å². The van der Waals surface area contributed by atoms with E-state index in [0.29, 0.717) is 78.0 Å². The Morgan fingerprint density at radius 3 is 2.54 bits per heavy atom. The summed E-state index contributed by atoms with van der Waals surface area (Å²) in [7, 11) is 0. The van der Waals surface area contributed by atoms with E-state index >= 15 is 0 Å². The number of amides is 1. The zero-order valence-corrected chi connectivity index (χ0v) is 22.0. The first-order chi connectivity index (χ1) is 19.0. The normalized spacial score (nSPS) is 15.9. The quantitative estimate of drug-likeness (QED) is 0.375. The van der Waals surface area contributed by atoms with Crippen LogP contribution in [0.1, 0.15) is 36.1 Å². The topological polar surface area (TPSA) is 86.1 Å². The van der Waals surface area contributed by atoms with Crippen LogP contribution in [0.3, 0.4) is 0 Å².